The van der Waals surface area contributed by atoms with Gasteiger partial charge in [0.15, 0.2) is 5.82 Å². The number of tetrazole rings is 1. The number of halogens is 1. The first-order valence-corrected chi connectivity index (χ1v) is 7.20. The van der Waals surface area contributed by atoms with Crippen LogP contribution in [0.5, 0.6) is 0 Å². The van der Waals surface area contributed by atoms with Crippen molar-refractivity contribution < 1.29 is 8.42 Å². The molecule has 1 aromatic heterocycles. The topological polar surface area (TPSA) is 89.8 Å². The molecule has 0 radical (unpaired) electrons. The molecule has 0 bridgehead atoms. The summed E-state index contributed by atoms with van der Waals surface area (Å²) in [6, 6.07) is 6.88. The van der Waals surface area contributed by atoms with Crippen molar-refractivity contribution in [3.8, 4) is 5.69 Å². The standard InChI is InChI=1S/C9H10ClN5O2S/c1-18(16,17)11-6-9-12-13-14-15(9)8-4-2-7(10)3-5-8/h2-5,11H,6H2,1H3. The molecule has 9 heteroatoms. The van der Waals surface area contributed by atoms with Crippen molar-refractivity contribution in [3.63, 3.8) is 0 Å². The number of nitrogens with zero attached hydrogens (tertiary/aromatic N) is 4. The Labute approximate surface area is 109 Å². The summed E-state index contributed by atoms with van der Waals surface area (Å²) in [6.07, 6.45) is 1.07. The van der Waals surface area contributed by atoms with Gasteiger partial charge in [-0.1, -0.05) is 11.6 Å². The number of hydrogen-bond acceptors (Lipinski definition) is 5. The number of nitrogens with one attached hydrogen (secondary N) is 1. The number of sulfonamides is 1. The van der Waals surface area contributed by atoms with Gasteiger partial charge in [0, 0.05) is 5.02 Å². The zero-order valence-electron chi connectivity index (χ0n) is 9.41. The largest absolute Gasteiger partial charge is 0.213 e. The van der Waals surface area contributed by atoms with Crippen LogP contribution in [-0.2, 0) is 16.6 Å². The van der Waals surface area contributed by atoms with Gasteiger partial charge in [0.2, 0.25) is 10.0 Å². The fraction of sp³-hybridized carbons (Fsp3) is 0.222. The smallest absolute Gasteiger partial charge is 0.209 e. The molecule has 18 heavy (non-hydrogen) atoms. The van der Waals surface area contributed by atoms with E-state index in [-0.39, 0.29) is 6.54 Å². The molecule has 2 aromatic rings. The molecule has 1 N–H and O–H groups in total. The van der Waals surface area contributed by atoms with Crippen LogP contribution in [-0.4, -0.2) is 34.9 Å². The summed E-state index contributed by atoms with van der Waals surface area (Å²) in [5.74, 6) is 0.391. The molecule has 0 atom stereocenters. The second-order valence-electron chi connectivity index (χ2n) is 3.58. The van der Waals surface area contributed by atoms with E-state index in [1.54, 1.807) is 24.3 Å². The normalized spacial score (nSPS) is 11.7. The fourth-order valence-corrected chi connectivity index (χ4v) is 1.81. The lowest BCUT2D eigenvalue weighted by Gasteiger charge is -2.04. The van der Waals surface area contributed by atoms with E-state index in [2.05, 4.69) is 20.2 Å². The second-order valence-corrected chi connectivity index (χ2v) is 5.85. The van der Waals surface area contributed by atoms with Gasteiger partial charge < -0.3 is 0 Å². The van der Waals surface area contributed by atoms with Crippen molar-refractivity contribution in [2.45, 2.75) is 6.54 Å². The van der Waals surface area contributed by atoms with Crippen molar-refractivity contribution in [3.05, 3.63) is 35.1 Å². The molecule has 0 unspecified atom stereocenters. The van der Waals surface area contributed by atoms with Gasteiger partial charge in [-0.2, -0.15) is 4.68 Å². The third-order valence-corrected chi connectivity index (χ3v) is 3.02. The van der Waals surface area contributed by atoms with Gasteiger partial charge in [-0.3, -0.25) is 0 Å². The highest BCUT2D eigenvalue weighted by molar-refractivity contribution is 7.88. The molecular formula is C9H10ClN5O2S. The van der Waals surface area contributed by atoms with E-state index in [4.69, 9.17) is 11.6 Å². The average molecular weight is 288 g/mol. The van der Waals surface area contributed by atoms with Crippen LogP contribution in [0.3, 0.4) is 0 Å². The highest BCUT2D eigenvalue weighted by Crippen LogP contribution is 2.13. The van der Waals surface area contributed by atoms with Crippen LogP contribution in [0.2, 0.25) is 5.02 Å². The summed E-state index contributed by atoms with van der Waals surface area (Å²) in [5, 5.41) is 11.7. The molecule has 1 heterocycles. The summed E-state index contributed by atoms with van der Waals surface area (Å²) in [5.41, 5.74) is 0.703. The lowest BCUT2D eigenvalue weighted by atomic mass is 10.3. The minimum atomic E-state index is -3.29. The third-order valence-electron chi connectivity index (χ3n) is 2.10. The van der Waals surface area contributed by atoms with Crippen LogP contribution in [0.15, 0.2) is 24.3 Å². The van der Waals surface area contributed by atoms with Crippen molar-refractivity contribution in [1.82, 2.24) is 24.9 Å². The Morgan fingerprint density at radius 1 is 1.33 bits per heavy atom. The highest BCUT2D eigenvalue weighted by atomic mass is 35.5. The van der Waals surface area contributed by atoms with Crippen LogP contribution in [0, 0.1) is 0 Å². The first-order chi connectivity index (χ1) is 8.46. The Kier molecular flexibility index (Phi) is 3.60. The molecule has 0 saturated heterocycles. The van der Waals surface area contributed by atoms with Gasteiger partial charge >= 0.3 is 0 Å². The van der Waals surface area contributed by atoms with Gasteiger partial charge in [-0.25, -0.2) is 13.1 Å². The molecule has 7 nitrogen and oxygen atoms in total. The summed E-state index contributed by atoms with van der Waals surface area (Å²) in [7, 11) is -3.29. The van der Waals surface area contributed by atoms with Gasteiger partial charge in [0.05, 0.1) is 18.5 Å². The number of benzene rings is 1. The first-order valence-electron chi connectivity index (χ1n) is 4.93. The van der Waals surface area contributed by atoms with E-state index in [0.29, 0.717) is 16.5 Å². The maximum Gasteiger partial charge on any atom is 0.209 e. The van der Waals surface area contributed by atoms with Crippen LogP contribution in [0.4, 0.5) is 0 Å². The van der Waals surface area contributed by atoms with E-state index in [0.717, 1.165) is 6.26 Å². The maximum absolute atomic E-state index is 11.0. The Balaban J connectivity index is 2.25. The molecular weight excluding hydrogens is 278 g/mol. The predicted octanol–water partition coefficient (Wildman–Crippen LogP) is 0.365. The summed E-state index contributed by atoms with van der Waals surface area (Å²) < 4.78 is 25.8. The summed E-state index contributed by atoms with van der Waals surface area (Å²) >= 11 is 5.78. The van der Waals surface area contributed by atoms with Crippen molar-refractivity contribution >= 4 is 21.6 Å². The van der Waals surface area contributed by atoms with Gasteiger partial charge in [0.1, 0.15) is 0 Å². The van der Waals surface area contributed by atoms with Crippen LogP contribution < -0.4 is 4.72 Å². The molecule has 0 saturated carbocycles. The predicted molar refractivity (Wildman–Crippen MR) is 65.8 cm³/mol. The van der Waals surface area contributed by atoms with Crippen LogP contribution >= 0.6 is 11.6 Å². The summed E-state index contributed by atoms with van der Waals surface area (Å²) in [4.78, 5) is 0. The SMILES string of the molecule is CS(=O)(=O)NCc1nnnn1-c1ccc(Cl)cc1. The molecule has 0 aliphatic rings. The lowest BCUT2D eigenvalue weighted by molar-refractivity contribution is 0.584. The van der Waals surface area contributed by atoms with Crippen LogP contribution in [0.25, 0.3) is 5.69 Å². The highest BCUT2D eigenvalue weighted by Gasteiger charge is 2.10. The maximum atomic E-state index is 11.0. The molecule has 2 rings (SSSR count). The lowest BCUT2D eigenvalue weighted by Crippen LogP contribution is -2.23. The Bertz CT molecular complexity index is 637. The second kappa shape index (κ2) is 5.01. The van der Waals surface area contributed by atoms with Gasteiger partial charge in [-0.15, -0.1) is 5.10 Å². The van der Waals surface area contributed by atoms with E-state index in [1.807, 2.05) is 0 Å². The Hall–Kier alpha value is -1.51. The summed E-state index contributed by atoms with van der Waals surface area (Å²) in [6.45, 7) is 0.0223. The Morgan fingerprint density at radius 3 is 2.61 bits per heavy atom. The molecule has 0 aliphatic carbocycles. The van der Waals surface area contributed by atoms with E-state index in [1.165, 1.54) is 4.68 Å². The van der Waals surface area contributed by atoms with Crippen molar-refractivity contribution in [2.24, 2.45) is 0 Å². The van der Waals surface area contributed by atoms with Gasteiger partial charge in [0.25, 0.3) is 0 Å². The zero-order valence-corrected chi connectivity index (χ0v) is 11.0. The third kappa shape index (κ3) is 3.25. The van der Waals surface area contributed by atoms with E-state index < -0.39 is 10.0 Å². The minimum Gasteiger partial charge on any atom is -0.213 e. The minimum absolute atomic E-state index is 0.0223. The molecule has 96 valence electrons. The van der Waals surface area contributed by atoms with Crippen molar-refractivity contribution in [1.29, 1.82) is 0 Å². The molecule has 0 aliphatic heterocycles. The number of rotatable bonds is 4. The van der Waals surface area contributed by atoms with Gasteiger partial charge in [-0.05, 0) is 34.7 Å². The van der Waals surface area contributed by atoms with Crippen LogP contribution in [0.1, 0.15) is 5.82 Å². The fourth-order valence-electron chi connectivity index (χ4n) is 1.29. The first kappa shape index (κ1) is 12.9. The number of aromatic nitrogens is 4. The Morgan fingerprint density at radius 2 is 2.00 bits per heavy atom. The monoisotopic (exact) mass is 287 g/mol. The molecule has 1 aromatic carbocycles. The average Bonchev–Trinajstić information content (AvgIpc) is 2.75. The quantitative estimate of drug-likeness (QED) is 0.877. The van der Waals surface area contributed by atoms with E-state index in [9.17, 15) is 8.42 Å². The molecule has 0 fully saturated rings. The van der Waals surface area contributed by atoms with E-state index >= 15 is 0 Å². The number of hydrogen-bond donors (Lipinski definition) is 1. The zero-order chi connectivity index (χ0) is 13.2. The molecule has 0 spiro atoms. The molecule has 0 amide bonds. The van der Waals surface area contributed by atoms with Crippen molar-refractivity contribution in [2.75, 3.05) is 6.26 Å².